The fraction of sp³-hybridized carbons (Fsp3) is 0.294. The van der Waals surface area contributed by atoms with E-state index in [9.17, 15) is 0 Å². The van der Waals surface area contributed by atoms with Gasteiger partial charge in [-0.15, -0.1) is 0 Å². The Hall–Kier alpha value is -1.31. The molecule has 0 aliphatic heterocycles. The summed E-state index contributed by atoms with van der Waals surface area (Å²) in [6.45, 7) is 3.03. The molecule has 0 unspecified atom stereocenters. The molecular weight excluding hydrogens is 254 g/mol. The highest BCUT2D eigenvalue weighted by molar-refractivity contribution is 6.30. The van der Waals surface area contributed by atoms with Crippen molar-refractivity contribution < 1.29 is 0 Å². The van der Waals surface area contributed by atoms with Crippen LogP contribution in [-0.4, -0.2) is 7.05 Å². The predicted octanol–water partition coefficient (Wildman–Crippen LogP) is 4.68. The highest BCUT2D eigenvalue weighted by atomic mass is 35.5. The SMILES string of the molecule is CCCc1ccc(-c2ccc(Cl)cc2CNC)cc1. The van der Waals surface area contributed by atoms with E-state index in [-0.39, 0.29) is 0 Å². The van der Waals surface area contributed by atoms with Crippen LogP contribution in [0.3, 0.4) is 0 Å². The second kappa shape index (κ2) is 6.74. The molecule has 0 spiro atoms. The van der Waals surface area contributed by atoms with Crippen LogP contribution in [0, 0.1) is 0 Å². The van der Waals surface area contributed by atoms with Gasteiger partial charge in [-0.2, -0.15) is 0 Å². The van der Waals surface area contributed by atoms with E-state index in [0.717, 1.165) is 18.0 Å². The molecule has 0 saturated heterocycles. The van der Waals surface area contributed by atoms with Crippen molar-refractivity contribution in [2.75, 3.05) is 7.05 Å². The third kappa shape index (κ3) is 3.59. The number of rotatable bonds is 5. The average molecular weight is 274 g/mol. The van der Waals surface area contributed by atoms with Gasteiger partial charge in [0.25, 0.3) is 0 Å². The maximum Gasteiger partial charge on any atom is 0.0409 e. The molecular formula is C17H20ClN. The van der Waals surface area contributed by atoms with Gasteiger partial charge in [0.2, 0.25) is 0 Å². The van der Waals surface area contributed by atoms with Crippen molar-refractivity contribution in [3.05, 3.63) is 58.6 Å². The van der Waals surface area contributed by atoms with Crippen molar-refractivity contribution in [2.45, 2.75) is 26.3 Å². The molecule has 19 heavy (non-hydrogen) atoms. The van der Waals surface area contributed by atoms with Gasteiger partial charge in [0.1, 0.15) is 0 Å². The first-order valence-electron chi connectivity index (χ1n) is 6.77. The number of nitrogens with one attached hydrogen (secondary N) is 1. The molecule has 0 atom stereocenters. The Bertz CT molecular complexity index is 531. The lowest BCUT2D eigenvalue weighted by Gasteiger charge is -2.11. The van der Waals surface area contributed by atoms with Gasteiger partial charge < -0.3 is 5.32 Å². The van der Waals surface area contributed by atoms with Crippen LogP contribution in [0.5, 0.6) is 0 Å². The van der Waals surface area contributed by atoms with Crippen LogP contribution in [0.2, 0.25) is 5.02 Å². The third-order valence-electron chi connectivity index (χ3n) is 3.24. The molecule has 2 rings (SSSR count). The maximum atomic E-state index is 6.08. The first-order valence-corrected chi connectivity index (χ1v) is 7.14. The summed E-state index contributed by atoms with van der Waals surface area (Å²) in [6, 6.07) is 14.9. The van der Waals surface area contributed by atoms with Crippen LogP contribution in [0.4, 0.5) is 0 Å². The molecule has 0 bridgehead atoms. The van der Waals surface area contributed by atoms with Gasteiger partial charge in [0.15, 0.2) is 0 Å². The summed E-state index contributed by atoms with van der Waals surface area (Å²) in [7, 11) is 1.95. The topological polar surface area (TPSA) is 12.0 Å². The van der Waals surface area contributed by atoms with Gasteiger partial charge in [0, 0.05) is 11.6 Å². The number of aryl methyl sites for hydroxylation is 1. The Balaban J connectivity index is 2.34. The van der Waals surface area contributed by atoms with Crippen LogP contribution in [0.25, 0.3) is 11.1 Å². The van der Waals surface area contributed by atoms with E-state index in [1.165, 1.54) is 28.7 Å². The number of benzene rings is 2. The number of halogens is 1. The molecule has 2 aromatic rings. The average Bonchev–Trinajstić information content (AvgIpc) is 2.41. The lowest BCUT2D eigenvalue weighted by Crippen LogP contribution is -2.06. The van der Waals surface area contributed by atoms with Gasteiger partial charge in [-0.1, -0.05) is 55.3 Å². The predicted molar refractivity (Wildman–Crippen MR) is 83.6 cm³/mol. The van der Waals surface area contributed by atoms with E-state index in [1.807, 2.05) is 19.2 Å². The molecule has 1 nitrogen and oxygen atoms in total. The maximum absolute atomic E-state index is 6.08. The quantitative estimate of drug-likeness (QED) is 0.834. The minimum atomic E-state index is 0.789. The Morgan fingerprint density at radius 3 is 2.42 bits per heavy atom. The summed E-state index contributed by atoms with van der Waals surface area (Å²) in [5.41, 5.74) is 5.14. The molecule has 0 radical (unpaired) electrons. The van der Waals surface area contributed by atoms with E-state index < -0.39 is 0 Å². The highest BCUT2D eigenvalue weighted by Crippen LogP contribution is 2.27. The summed E-state index contributed by atoms with van der Waals surface area (Å²) >= 11 is 6.08. The minimum Gasteiger partial charge on any atom is -0.316 e. The van der Waals surface area contributed by atoms with Gasteiger partial charge >= 0.3 is 0 Å². The molecule has 2 aromatic carbocycles. The Kier molecular flexibility index (Phi) is 5.00. The van der Waals surface area contributed by atoms with Crippen molar-refractivity contribution in [3.8, 4) is 11.1 Å². The largest absolute Gasteiger partial charge is 0.316 e. The molecule has 0 aromatic heterocycles. The van der Waals surface area contributed by atoms with Gasteiger partial charge in [-0.05, 0) is 47.9 Å². The first kappa shape index (κ1) is 14.1. The molecule has 2 heteroatoms. The van der Waals surface area contributed by atoms with Gasteiger partial charge in [0.05, 0.1) is 0 Å². The van der Waals surface area contributed by atoms with E-state index in [2.05, 4.69) is 42.6 Å². The van der Waals surface area contributed by atoms with Crippen LogP contribution >= 0.6 is 11.6 Å². The zero-order chi connectivity index (χ0) is 13.7. The first-order chi connectivity index (χ1) is 9.24. The molecule has 0 saturated carbocycles. The molecule has 0 heterocycles. The van der Waals surface area contributed by atoms with E-state index in [1.54, 1.807) is 0 Å². The highest BCUT2D eigenvalue weighted by Gasteiger charge is 2.05. The monoisotopic (exact) mass is 273 g/mol. The Morgan fingerprint density at radius 2 is 1.79 bits per heavy atom. The molecule has 0 aliphatic carbocycles. The normalized spacial score (nSPS) is 10.7. The van der Waals surface area contributed by atoms with Crippen molar-refractivity contribution in [1.82, 2.24) is 5.32 Å². The third-order valence-corrected chi connectivity index (χ3v) is 3.47. The summed E-state index contributed by atoms with van der Waals surface area (Å²) in [5, 5.41) is 3.98. The summed E-state index contributed by atoms with van der Waals surface area (Å²) in [4.78, 5) is 0. The Morgan fingerprint density at radius 1 is 1.05 bits per heavy atom. The zero-order valence-corrected chi connectivity index (χ0v) is 12.3. The molecule has 100 valence electrons. The van der Waals surface area contributed by atoms with Gasteiger partial charge in [-0.3, -0.25) is 0 Å². The summed E-state index contributed by atoms with van der Waals surface area (Å²) in [6.07, 6.45) is 2.33. The smallest absolute Gasteiger partial charge is 0.0409 e. The van der Waals surface area contributed by atoms with Crippen molar-refractivity contribution in [3.63, 3.8) is 0 Å². The van der Waals surface area contributed by atoms with E-state index in [4.69, 9.17) is 11.6 Å². The molecule has 1 N–H and O–H groups in total. The van der Waals surface area contributed by atoms with Crippen molar-refractivity contribution in [1.29, 1.82) is 0 Å². The van der Waals surface area contributed by atoms with Crippen LogP contribution < -0.4 is 5.32 Å². The van der Waals surface area contributed by atoms with Crippen LogP contribution in [0.1, 0.15) is 24.5 Å². The fourth-order valence-corrected chi connectivity index (χ4v) is 2.51. The molecule has 0 aliphatic rings. The second-order valence-electron chi connectivity index (χ2n) is 4.78. The minimum absolute atomic E-state index is 0.789. The summed E-state index contributed by atoms with van der Waals surface area (Å²) < 4.78 is 0. The number of hydrogen-bond acceptors (Lipinski definition) is 1. The van der Waals surface area contributed by atoms with Crippen LogP contribution in [0.15, 0.2) is 42.5 Å². The van der Waals surface area contributed by atoms with E-state index in [0.29, 0.717) is 0 Å². The number of hydrogen-bond donors (Lipinski definition) is 1. The lowest BCUT2D eigenvalue weighted by molar-refractivity contribution is 0.819. The lowest BCUT2D eigenvalue weighted by atomic mass is 9.98. The standard InChI is InChI=1S/C17H20ClN/c1-3-4-13-5-7-14(8-6-13)17-10-9-16(18)11-15(17)12-19-2/h5-11,19H,3-4,12H2,1-2H3. The molecule has 0 fully saturated rings. The van der Waals surface area contributed by atoms with Crippen molar-refractivity contribution in [2.24, 2.45) is 0 Å². The van der Waals surface area contributed by atoms with Crippen molar-refractivity contribution >= 4 is 11.6 Å². The van der Waals surface area contributed by atoms with Gasteiger partial charge in [-0.25, -0.2) is 0 Å². The Labute approximate surface area is 120 Å². The molecule has 0 amide bonds. The summed E-state index contributed by atoms with van der Waals surface area (Å²) in [5.74, 6) is 0. The van der Waals surface area contributed by atoms with Crippen LogP contribution in [-0.2, 0) is 13.0 Å². The fourth-order valence-electron chi connectivity index (χ4n) is 2.32. The second-order valence-corrected chi connectivity index (χ2v) is 5.22. The zero-order valence-electron chi connectivity index (χ0n) is 11.5. The van der Waals surface area contributed by atoms with E-state index >= 15 is 0 Å².